The van der Waals surface area contributed by atoms with Gasteiger partial charge in [0.05, 0.1) is 3.57 Å². The topological polar surface area (TPSA) is 45.8 Å². The van der Waals surface area contributed by atoms with E-state index in [1.807, 2.05) is 22.6 Å². The second kappa shape index (κ2) is 3.77. The van der Waals surface area contributed by atoms with E-state index in [4.69, 9.17) is 0 Å². The van der Waals surface area contributed by atoms with Crippen LogP contribution in [-0.2, 0) is 6.42 Å². The van der Waals surface area contributed by atoms with Gasteiger partial charge in [-0.25, -0.2) is 4.98 Å². The summed E-state index contributed by atoms with van der Waals surface area (Å²) in [5.41, 5.74) is 0.109. The van der Waals surface area contributed by atoms with Crippen molar-refractivity contribution in [2.24, 2.45) is 5.41 Å². The van der Waals surface area contributed by atoms with Gasteiger partial charge >= 0.3 is 0 Å². The first-order valence-corrected chi connectivity index (χ1v) is 5.20. The number of nitrogens with zero attached hydrogens (tertiary/aromatic N) is 1. The number of hydrogen-bond acceptors (Lipinski definition) is 2. The molecular formula is C9H13IN2O. The third kappa shape index (κ3) is 3.46. The standard InChI is InChI=1S/C9H13IN2O/c1-9(2,3)4-7-11-5-6(10)8(13)12-7/h5H,4H2,1-3H3,(H,11,12,13). The van der Waals surface area contributed by atoms with E-state index < -0.39 is 0 Å². The Kier molecular flexibility index (Phi) is 3.10. The molecule has 1 aromatic heterocycles. The number of nitrogens with one attached hydrogen (secondary N) is 1. The average Bonchev–Trinajstić information content (AvgIpc) is 1.94. The molecule has 0 saturated carbocycles. The number of aromatic nitrogens is 2. The van der Waals surface area contributed by atoms with Crippen molar-refractivity contribution in [1.82, 2.24) is 9.97 Å². The highest BCUT2D eigenvalue weighted by Gasteiger charge is 2.12. The molecule has 1 N–H and O–H groups in total. The molecule has 0 amide bonds. The second-order valence-electron chi connectivity index (χ2n) is 4.24. The first-order valence-electron chi connectivity index (χ1n) is 4.12. The van der Waals surface area contributed by atoms with Crippen LogP contribution in [0.15, 0.2) is 11.0 Å². The van der Waals surface area contributed by atoms with Crippen molar-refractivity contribution in [2.75, 3.05) is 0 Å². The van der Waals surface area contributed by atoms with Crippen LogP contribution < -0.4 is 5.56 Å². The average molecular weight is 292 g/mol. The Morgan fingerprint density at radius 3 is 2.62 bits per heavy atom. The Labute approximate surface area is 91.1 Å². The lowest BCUT2D eigenvalue weighted by atomic mass is 9.92. The van der Waals surface area contributed by atoms with E-state index in [2.05, 4.69) is 30.7 Å². The Morgan fingerprint density at radius 2 is 2.15 bits per heavy atom. The number of halogens is 1. The number of aromatic amines is 1. The monoisotopic (exact) mass is 292 g/mol. The predicted octanol–water partition coefficient (Wildman–Crippen LogP) is 1.96. The van der Waals surface area contributed by atoms with Crippen molar-refractivity contribution in [3.63, 3.8) is 0 Å². The normalized spacial score (nSPS) is 11.7. The Hall–Kier alpha value is -0.390. The largest absolute Gasteiger partial charge is 0.310 e. The van der Waals surface area contributed by atoms with E-state index in [1.165, 1.54) is 0 Å². The highest BCUT2D eigenvalue weighted by molar-refractivity contribution is 14.1. The maximum atomic E-state index is 11.2. The highest BCUT2D eigenvalue weighted by atomic mass is 127. The van der Waals surface area contributed by atoms with Crippen LogP contribution in [0.3, 0.4) is 0 Å². The van der Waals surface area contributed by atoms with Gasteiger partial charge in [-0.1, -0.05) is 20.8 Å². The molecule has 0 aromatic carbocycles. The molecular weight excluding hydrogens is 279 g/mol. The van der Waals surface area contributed by atoms with E-state index in [1.54, 1.807) is 6.20 Å². The molecule has 0 bridgehead atoms. The summed E-state index contributed by atoms with van der Waals surface area (Å²) in [5.74, 6) is 0.762. The molecule has 0 unspecified atom stereocenters. The van der Waals surface area contributed by atoms with Crippen LogP contribution in [-0.4, -0.2) is 9.97 Å². The van der Waals surface area contributed by atoms with Crippen LogP contribution in [0.1, 0.15) is 26.6 Å². The van der Waals surface area contributed by atoms with E-state index in [-0.39, 0.29) is 11.0 Å². The van der Waals surface area contributed by atoms with Crippen molar-refractivity contribution in [2.45, 2.75) is 27.2 Å². The lowest BCUT2D eigenvalue weighted by Crippen LogP contribution is -2.18. The summed E-state index contributed by atoms with van der Waals surface area (Å²) in [6, 6.07) is 0. The van der Waals surface area contributed by atoms with Crippen molar-refractivity contribution < 1.29 is 0 Å². The summed E-state index contributed by atoms with van der Waals surface area (Å²) < 4.78 is 0.634. The zero-order valence-corrected chi connectivity index (χ0v) is 10.2. The molecule has 0 atom stereocenters. The number of H-pyrrole nitrogens is 1. The Morgan fingerprint density at radius 1 is 1.54 bits per heavy atom. The minimum atomic E-state index is -0.0464. The zero-order chi connectivity index (χ0) is 10.1. The lowest BCUT2D eigenvalue weighted by molar-refractivity contribution is 0.400. The molecule has 0 spiro atoms. The smallest absolute Gasteiger partial charge is 0.264 e. The Bertz CT molecular complexity index is 351. The van der Waals surface area contributed by atoms with Gasteiger partial charge in [-0.15, -0.1) is 0 Å². The first kappa shape index (κ1) is 10.7. The molecule has 1 aromatic rings. The van der Waals surface area contributed by atoms with E-state index in [0.717, 1.165) is 12.2 Å². The van der Waals surface area contributed by atoms with E-state index in [0.29, 0.717) is 3.57 Å². The van der Waals surface area contributed by atoms with Crippen LogP contribution in [0.25, 0.3) is 0 Å². The maximum Gasteiger partial charge on any atom is 0.264 e. The molecule has 0 aliphatic rings. The van der Waals surface area contributed by atoms with E-state index in [9.17, 15) is 4.79 Å². The zero-order valence-electron chi connectivity index (χ0n) is 8.02. The number of rotatable bonds is 1. The molecule has 72 valence electrons. The molecule has 13 heavy (non-hydrogen) atoms. The van der Waals surface area contributed by atoms with Crippen LogP contribution >= 0.6 is 22.6 Å². The minimum absolute atomic E-state index is 0.0464. The van der Waals surface area contributed by atoms with Gasteiger partial charge in [0.2, 0.25) is 0 Å². The van der Waals surface area contributed by atoms with Crippen LogP contribution in [0.5, 0.6) is 0 Å². The summed E-state index contributed by atoms with van der Waals surface area (Å²) in [5, 5.41) is 0. The SMILES string of the molecule is CC(C)(C)Cc1ncc(I)c(=O)[nH]1. The van der Waals surface area contributed by atoms with Gasteiger partial charge in [0, 0.05) is 12.6 Å². The molecule has 0 aliphatic carbocycles. The summed E-state index contributed by atoms with van der Waals surface area (Å²) in [4.78, 5) is 18.1. The second-order valence-corrected chi connectivity index (χ2v) is 5.41. The van der Waals surface area contributed by atoms with Gasteiger partial charge in [0.15, 0.2) is 0 Å². The quantitative estimate of drug-likeness (QED) is 0.804. The molecule has 0 radical (unpaired) electrons. The summed E-state index contributed by atoms with van der Waals surface area (Å²) in [7, 11) is 0. The first-order chi connectivity index (χ1) is 5.88. The number of hydrogen-bond donors (Lipinski definition) is 1. The third-order valence-electron chi connectivity index (χ3n) is 1.51. The maximum absolute atomic E-state index is 11.2. The summed E-state index contributed by atoms with van der Waals surface area (Å²) in [6.07, 6.45) is 2.40. The van der Waals surface area contributed by atoms with Crippen molar-refractivity contribution in [1.29, 1.82) is 0 Å². The highest BCUT2D eigenvalue weighted by Crippen LogP contribution is 2.17. The summed E-state index contributed by atoms with van der Waals surface area (Å²) >= 11 is 1.97. The van der Waals surface area contributed by atoms with Gasteiger partial charge in [0.25, 0.3) is 5.56 Å². The van der Waals surface area contributed by atoms with Crippen LogP contribution in [0, 0.1) is 8.99 Å². The fraction of sp³-hybridized carbons (Fsp3) is 0.556. The van der Waals surface area contributed by atoms with Gasteiger partial charge in [-0.05, 0) is 28.0 Å². The minimum Gasteiger partial charge on any atom is -0.310 e. The summed E-state index contributed by atoms with van der Waals surface area (Å²) in [6.45, 7) is 6.35. The molecule has 0 aliphatic heterocycles. The third-order valence-corrected chi connectivity index (χ3v) is 2.27. The van der Waals surface area contributed by atoms with Crippen LogP contribution in [0.2, 0.25) is 0 Å². The Balaban J connectivity index is 2.93. The fourth-order valence-electron chi connectivity index (χ4n) is 1.01. The molecule has 4 heteroatoms. The molecule has 1 rings (SSSR count). The van der Waals surface area contributed by atoms with E-state index >= 15 is 0 Å². The van der Waals surface area contributed by atoms with Crippen LogP contribution in [0.4, 0.5) is 0 Å². The van der Waals surface area contributed by atoms with Gasteiger partial charge < -0.3 is 4.98 Å². The van der Waals surface area contributed by atoms with Gasteiger partial charge in [0.1, 0.15) is 5.82 Å². The van der Waals surface area contributed by atoms with Gasteiger partial charge in [-0.2, -0.15) is 0 Å². The van der Waals surface area contributed by atoms with Crippen molar-refractivity contribution in [3.05, 3.63) is 25.9 Å². The van der Waals surface area contributed by atoms with Crippen molar-refractivity contribution >= 4 is 22.6 Å². The molecule has 3 nitrogen and oxygen atoms in total. The lowest BCUT2D eigenvalue weighted by Gasteiger charge is -2.16. The predicted molar refractivity (Wildman–Crippen MR) is 60.7 cm³/mol. The van der Waals surface area contributed by atoms with Crippen molar-refractivity contribution in [3.8, 4) is 0 Å². The molecule has 1 heterocycles. The fourth-order valence-corrected chi connectivity index (χ4v) is 1.28. The molecule has 0 saturated heterocycles. The molecule has 0 fully saturated rings. The van der Waals surface area contributed by atoms with Gasteiger partial charge in [-0.3, -0.25) is 4.79 Å².